The molecule has 25 heavy (non-hydrogen) atoms. The van der Waals surface area contributed by atoms with Gasteiger partial charge in [-0.2, -0.15) is 17.5 Å². The second-order valence-electron chi connectivity index (χ2n) is 5.50. The molecule has 1 N–H and O–H groups in total. The summed E-state index contributed by atoms with van der Waals surface area (Å²) in [7, 11) is 0. The van der Waals surface area contributed by atoms with Crippen LogP contribution in [0.1, 0.15) is 15.8 Å². The van der Waals surface area contributed by atoms with Crippen LogP contribution in [0, 0.1) is 0 Å². The fraction of sp³-hybridized carbons (Fsp3) is 0.111. The van der Waals surface area contributed by atoms with Crippen molar-refractivity contribution in [3.8, 4) is 27.4 Å². The fourth-order valence-electron chi connectivity index (χ4n) is 2.60. The number of hydrogen-bond acceptors (Lipinski definition) is 6. The molecule has 4 rings (SSSR count). The van der Waals surface area contributed by atoms with Crippen LogP contribution in [0.25, 0.3) is 21.7 Å². The zero-order chi connectivity index (χ0) is 17.4. The molecule has 7 heteroatoms. The van der Waals surface area contributed by atoms with Crippen molar-refractivity contribution < 1.29 is 19.7 Å². The highest BCUT2D eigenvalue weighted by atomic mass is 32.1. The van der Waals surface area contributed by atoms with E-state index in [0.29, 0.717) is 17.4 Å². The van der Waals surface area contributed by atoms with Gasteiger partial charge in [-0.25, -0.2) is 4.98 Å². The largest absolute Gasteiger partial charge is 0.480 e. The molecule has 0 fully saturated rings. The van der Waals surface area contributed by atoms with Crippen LogP contribution in [0.5, 0.6) is 5.75 Å². The Balaban J connectivity index is 1.86. The number of thiol groups is 1. The molecule has 2 aromatic carbocycles. The highest BCUT2D eigenvalue weighted by molar-refractivity contribution is 7.81. The fourth-order valence-corrected chi connectivity index (χ4v) is 3.87. The summed E-state index contributed by atoms with van der Waals surface area (Å²) in [6, 6.07) is 15.5. The van der Waals surface area contributed by atoms with E-state index in [1.54, 1.807) is 0 Å². The summed E-state index contributed by atoms with van der Waals surface area (Å²) in [6.45, 7) is 0.423. The van der Waals surface area contributed by atoms with E-state index in [9.17, 15) is 9.90 Å². The Bertz CT molecular complexity index is 940. The third-order valence-electron chi connectivity index (χ3n) is 3.85. The third kappa shape index (κ3) is 3.02. The number of hydrogen-bond donors (Lipinski definition) is 2. The number of fused-ring (bicyclic) bond motifs is 1. The number of benzene rings is 2. The smallest absolute Gasteiger partial charge is 0.323 e. The van der Waals surface area contributed by atoms with Crippen LogP contribution in [-0.2, 0) is 16.3 Å². The molecule has 0 saturated heterocycles. The van der Waals surface area contributed by atoms with Gasteiger partial charge in [-0.05, 0) is 11.6 Å². The van der Waals surface area contributed by atoms with Gasteiger partial charge in [0.05, 0.1) is 10.6 Å². The van der Waals surface area contributed by atoms with Crippen LogP contribution in [0.3, 0.4) is 0 Å². The summed E-state index contributed by atoms with van der Waals surface area (Å²) in [5.41, 5.74) is 3.54. The van der Waals surface area contributed by atoms with Gasteiger partial charge in [-0.3, -0.25) is 4.79 Å². The van der Waals surface area contributed by atoms with Gasteiger partial charge in [-0.15, -0.1) is 11.3 Å². The van der Waals surface area contributed by atoms with Gasteiger partial charge in [-0.1, -0.05) is 42.5 Å². The molecule has 3 aromatic rings. The number of carbonyl (C=O) groups is 1. The lowest BCUT2D eigenvalue weighted by atomic mass is 10.0. The van der Waals surface area contributed by atoms with Crippen LogP contribution in [-0.4, -0.2) is 16.1 Å². The molecule has 1 aliphatic rings. The van der Waals surface area contributed by atoms with E-state index in [1.807, 2.05) is 48.5 Å². The van der Waals surface area contributed by atoms with E-state index in [4.69, 9.17) is 9.78 Å². The van der Waals surface area contributed by atoms with E-state index in [1.165, 1.54) is 11.3 Å². The van der Waals surface area contributed by atoms with Gasteiger partial charge in [0.2, 0.25) is 0 Å². The average Bonchev–Trinajstić information content (AvgIpc) is 3.28. The van der Waals surface area contributed by atoms with Gasteiger partial charge in [0.15, 0.2) is 11.0 Å². The molecule has 0 aliphatic carbocycles. The summed E-state index contributed by atoms with van der Waals surface area (Å²) in [5, 5.41) is 8.74. The number of aromatic nitrogens is 1. The lowest BCUT2D eigenvalue weighted by molar-refractivity contribution is -0.194. The lowest BCUT2D eigenvalue weighted by Crippen LogP contribution is -2.04. The quantitative estimate of drug-likeness (QED) is 0.527. The SMILES string of the molecule is O=C(O)C(S)c1nc(-c2ccccc2)c(-c2ccc3c(c2)OOC3)s1. The first-order valence-corrected chi connectivity index (χ1v) is 8.86. The molecule has 0 saturated carbocycles. The number of rotatable bonds is 4. The van der Waals surface area contributed by atoms with E-state index < -0.39 is 11.2 Å². The van der Waals surface area contributed by atoms with Crippen LogP contribution < -0.4 is 4.89 Å². The summed E-state index contributed by atoms with van der Waals surface area (Å²) in [4.78, 5) is 26.9. The van der Waals surface area contributed by atoms with E-state index in [2.05, 4.69) is 17.6 Å². The number of thiazole rings is 1. The van der Waals surface area contributed by atoms with Crippen molar-refractivity contribution in [1.82, 2.24) is 4.98 Å². The monoisotopic (exact) mass is 371 g/mol. The molecule has 1 aliphatic heterocycles. The lowest BCUT2D eigenvalue weighted by Gasteiger charge is -2.04. The van der Waals surface area contributed by atoms with Crippen molar-refractivity contribution >= 4 is 29.9 Å². The number of carboxylic acids is 1. The minimum atomic E-state index is -1.02. The summed E-state index contributed by atoms with van der Waals surface area (Å²) >= 11 is 5.49. The van der Waals surface area contributed by atoms with E-state index >= 15 is 0 Å². The molecule has 1 aromatic heterocycles. The van der Waals surface area contributed by atoms with Crippen molar-refractivity contribution in [3.05, 3.63) is 59.1 Å². The molecular weight excluding hydrogens is 358 g/mol. The molecule has 0 bridgehead atoms. The first kappa shape index (κ1) is 16.1. The Labute approximate surface area is 153 Å². The molecule has 126 valence electrons. The molecule has 1 atom stereocenters. The van der Waals surface area contributed by atoms with Gasteiger partial charge in [0, 0.05) is 11.1 Å². The normalized spacial score (nSPS) is 14.0. The maximum absolute atomic E-state index is 11.3. The van der Waals surface area contributed by atoms with Gasteiger partial charge in [0.25, 0.3) is 0 Å². The maximum Gasteiger partial charge on any atom is 0.323 e. The van der Waals surface area contributed by atoms with Gasteiger partial charge in [0.1, 0.15) is 11.6 Å². The minimum Gasteiger partial charge on any atom is -0.480 e. The average molecular weight is 371 g/mol. The summed E-state index contributed by atoms with van der Waals surface area (Å²) < 4.78 is 0. The predicted octanol–water partition coefficient (Wildman–Crippen LogP) is 4.36. The Morgan fingerprint density at radius 1 is 1.20 bits per heavy atom. The zero-order valence-corrected chi connectivity index (χ0v) is 14.6. The van der Waals surface area contributed by atoms with Crippen molar-refractivity contribution in [3.63, 3.8) is 0 Å². The topological polar surface area (TPSA) is 68.7 Å². The van der Waals surface area contributed by atoms with E-state index in [0.717, 1.165) is 27.3 Å². The molecule has 0 radical (unpaired) electrons. The molecule has 5 nitrogen and oxygen atoms in total. The van der Waals surface area contributed by atoms with Gasteiger partial charge >= 0.3 is 5.97 Å². The summed E-state index contributed by atoms with van der Waals surface area (Å²) in [6.07, 6.45) is 0. The van der Waals surface area contributed by atoms with Crippen LogP contribution in [0.4, 0.5) is 0 Å². The molecular formula is C18H13NO4S2. The first-order valence-electron chi connectivity index (χ1n) is 7.53. The minimum absolute atomic E-state index is 0.423. The highest BCUT2D eigenvalue weighted by Crippen LogP contribution is 2.42. The standard InChI is InChI=1S/C18H13NO4S2/c20-18(21)15(24)17-19-14(10-4-2-1-3-5-10)16(25-17)11-6-7-12-9-22-23-13(12)8-11/h1-8,15,24H,9H2,(H,20,21). The maximum atomic E-state index is 11.3. The number of aliphatic carboxylic acids is 1. The van der Waals surface area contributed by atoms with Crippen LogP contribution in [0.15, 0.2) is 48.5 Å². The van der Waals surface area contributed by atoms with Crippen molar-refractivity contribution in [2.45, 2.75) is 11.9 Å². The van der Waals surface area contributed by atoms with Crippen molar-refractivity contribution in [1.29, 1.82) is 0 Å². The zero-order valence-electron chi connectivity index (χ0n) is 12.9. The van der Waals surface area contributed by atoms with Crippen molar-refractivity contribution in [2.75, 3.05) is 0 Å². The molecule has 2 heterocycles. The van der Waals surface area contributed by atoms with Crippen LogP contribution >= 0.6 is 24.0 Å². The molecule has 0 amide bonds. The van der Waals surface area contributed by atoms with Gasteiger partial charge < -0.3 is 9.99 Å². The second-order valence-corrected chi connectivity index (χ2v) is 7.05. The Morgan fingerprint density at radius 2 is 2.00 bits per heavy atom. The number of nitrogens with zero attached hydrogens (tertiary/aromatic N) is 1. The molecule has 0 spiro atoms. The van der Waals surface area contributed by atoms with E-state index in [-0.39, 0.29) is 0 Å². The second kappa shape index (κ2) is 6.51. The number of carboxylic acid groups (broad SMARTS) is 1. The Kier molecular flexibility index (Phi) is 4.20. The highest BCUT2D eigenvalue weighted by Gasteiger charge is 2.24. The summed E-state index contributed by atoms with van der Waals surface area (Å²) in [5.74, 6) is -0.346. The van der Waals surface area contributed by atoms with Crippen molar-refractivity contribution in [2.24, 2.45) is 0 Å². The predicted molar refractivity (Wildman–Crippen MR) is 97.8 cm³/mol. The Hall–Kier alpha value is -2.35. The first-order chi connectivity index (χ1) is 12.1. The molecule has 1 unspecified atom stereocenters. The van der Waals surface area contributed by atoms with Crippen LogP contribution in [0.2, 0.25) is 0 Å². The Morgan fingerprint density at radius 3 is 2.76 bits per heavy atom. The third-order valence-corrected chi connectivity index (χ3v) is 5.66.